The number of thioether (sulfide) groups is 1. The van der Waals surface area contributed by atoms with Crippen LogP contribution in [0.3, 0.4) is 0 Å². The largest absolute Gasteiger partial charge is 0.368 e. The molecule has 8 heteroatoms. The van der Waals surface area contributed by atoms with Gasteiger partial charge >= 0.3 is 0 Å². The molecule has 3 fully saturated rings. The van der Waals surface area contributed by atoms with E-state index in [0.29, 0.717) is 33.3 Å². The molecule has 2 heterocycles. The molecule has 5 rings (SSSR count). The molecule has 184 valence electrons. The molecule has 0 aromatic heterocycles. The van der Waals surface area contributed by atoms with E-state index in [-0.39, 0.29) is 24.4 Å². The summed E-state index contributed by atoms with van der Waals surface area (Å²) in [5.74, 6) is -0.00791. The maximum absolute atomic E-state index is 13.6. The van der Waals surface area contributed by atoms with E-state index in [2.05, 4.69) is 4.90 Å². The van der Waals surface area contributed by atoms with Gasteiger partial charge in [0.15, 0.2) is 0 Å². The normalized spacial score (nSPS) is 24.0. The van der Waals surface area contributed by atoms with Crippen molar-refractivity contribution in [2.75, 3.05) is 37.6 Å². The van der Waals surface area contributed by atoms with Gasteiger partial charge in [-0.15, -0.1) is 11.8 Å². The number of anilines is 1. The Morgan fingerprint density at radius 3 is 2.43 bits per heavy atom. The third kappa shape index (κ3) is 5.65. The molecule has 0 radical (unpaired) electrons. The smallest absolute Gasteiger partial charge is 0.261 e. The molecule has 2 aliphatic heterocycles. The van der Waals surface area contributed by atoms with Crippen LogP contribution in [-0.4, -0.2) is 65.6 Å². The van der Waals surface area contributed by atoms with Crippen LogP contribution in [0, 0.1) is 0 Å². The minimum Gasteiger partial charge on any atom is -0.368 e. The standard InChI is InChI=1S/C27H29Cl2N3O2S/c28-20-6-3-5-19(15-20)16-25-27(34)32(23-9-1-2-10-24(23)35-25)18-26(33)31-13-11-30(12-14-31)22-8-4-7-21(29)17-22/h3-8,15-17,23-24H,1-2,9-14,18H2/b25-16-. The number of amides is 2. The fourth-order valence-electron chi connectivity index (χ4n) is 5.24. The minimum absolute atomic E-state index is 0.0300. The SMILES string of the molecule is O=C(CN1C(=O)/C(=C/c2cccc(Cl)c2)SC2CCCCC21)N1CCN(c2cccc(Cl)c2)CC1. The second-order valence-corrected chi connectivity index (χ2v) is 11.5. The Hall–Kier alpha value is -2.15. The molecule has 2 amide bonds. The molecule has 0 N–H and O–H groups in total. The second kappa shape index (κ2) is 10.9. The molecular formula is C27H29Cl2N3O2S. The summed E-state index contributed by atoms with van der Waals surface area (Å²) in [6.07, 6.45) is 6.22. The number of benzene rings is 2. The van der Waals surface area contributed by atoms with Crippen LogP contribution in [0.1, 0.15) is 31.2 Å². The van der Waals surface area contributed by atoms with Gasteiger partial charge in [0.05, 0.1) is 4.91 Å². The first-order chi connectivity index (χ1) is 17.0. The van der Waals surface area contributed by atoms with Crippen LogP contribution in [0.5, 0.6) is 0 Å². The van der Waals surface area contributed by atoms with Crippen LogP contribution in [-0.2, 0) is 9.59 Å². The van der Waals surface area contributed by atoms with Crippen molar-refractivity contribution in [3.8, 4) is 0 Å². The van der Waals surface area contributed by atoms with Crippen molar-refractivity contribution in [2.45, 2.75) is 37.0 Å². The summed E-state index contributed by atoms with van der Waals surface area (Å²) in [6.45, 7) is 2.93. The second-order valence-electron chi connectivity index (χ2n) is 9.35. The highest BCUT2D eigenvalue weighted by atomic mass is 35.5. The Morgan fingerprint density at radius 2 is 1.69 bits per heavy atom. The topological polar surface area (TPSA) is 43.9 Å². The van der Waals surface area contributed by atoms with E-state index in [0.717, 1.165) is 43.6 Å². The van der Waals surface area contributed by atoms with Crippen molar-refractivity contribution in [3.05, 3.63) is 69.0 Å². The van der Waals surface area contributed by atoms with Crippen molar-refractivity contribution in [2.24, 2.45) is 0 Å². The first-order valence-electron chi connectivity index (χ1n) is 12.2. The number of hydrogen-bond donors (Lipinski definition) is 0. The molecule has 2 saturated heterocycles. The summed E-state index contributed by atoms with van der Waals surface area (Å²) < 4.78 is 0. The molecule has 1 saturated carbocycles. The molecule has 0 spiro atoms. The van der Waals surface area contributed by atoms with E-state index < -0.39 is 0 Å². The monoisotopic (exact) mass is 529 g/mol. The lowest BCUT2D eigenvalue weighted by molar-refractivity contribution is -0.140. The molecule has 1 aliphatic carbocycles. The van der Waals surface area contributed by atoms with Gasteiger partial charge in [0.2, 0.25) is 5.91 Å². The minimum atomic E-state index is -0.0379. The lowest BCUT2D eigenvalue weighted by Gasteiger charge is -2.45. The highest BCUT2D eigenvalue weighted by Crippen LogP contribution is 2.42. The van der Waals surface area contributed by atoms with Crippen LogP contribution in [0.2, 0.25) is 10.0 Å². The summed E-state index contributed by atoms with van der Waals surface area (Å²) >= 11 is 14.0. The zero-order valence-corrected chi connectivity index (χ0v) is 21.9. The Kier molecular flexibility index (Phi) is 7.61. The summed E-state index contributed by atoms with van der Waals surface area (Å²) in [4.78, 5) is 33.6. The average Bonchev–Trinajstić information content (AvgIpc) is 2.86. The van der Waals surface area contributed by atoms with Crippen molar-refractivity contribution in [1.29, 1.82) is 0 Å². The first-order valence-corrected chi connectivity index (χ1v) is 13.8. The molecule has 0 bridgehead atoms. The van der Waals surface area contributed by atoms with Gasteiger partial charge in [-0.3, -0.25) is 9.59 Å². The average molecular weight is 531 g/mol. The number of carbonyl (C=O) groups is 2. The number of halogens is 2. The first kappa shape index (κ1) is 24.5. The zero-order chi connectivity index (χ0) is 24.4. The molecule has 2 aromatic carbocycles. The van der Waals surface area contributed by atoms with Gasteiger partial charge in [-0.2, -0.15) is 0 Å². The maximum atomic E-state index is 13.6. The zero-order valence-electron chi connectivity index (χ0n) is 19.5. The number of fused-ring (bicyclic) bond motifs is 1. The predicted molar refractivity (Wildman–Crippen MR) is 145 cm³/mol. The Labute approximate surface area is 221 Å². The Bertz CT molecular complexity index is 1130. The van der Waals surface area contributed by atoms with Crippen LogP contribution in [0.4, 0.5) is 5.69 Å². The van der Waals surface area contributed by atoms with Gasteiger partial charge in [-0.25, -0.2) is 0 Å². The Morgan fingerprint density at radius 1 is 0.971 bits per heavy atom. The van der Waals surface area contributed by atoms with E-state index in [4.69, 9.17) is 23.2 Å². The number of hydrogen-bond acceptors (Lipinski definition) is 4. The van der Waals surface area contributed by atoms with E-state index in [1.807, 2.05) is 64.4 Å². The van der Waals surface area contributed by atoms with Crippen molar-refractivity contribution in [3.63, 3.8) is 0 Å². The lowest BCUT2D eigenvalue weighted by atomic mass is 9.93. The van der Waals surface area contributed by atoms with E-state index in [1.54, 1.807) is 11.8 Å². The highest BCUT2D eigenvalue weighted by Gasteiger charge is 2.41. The van der Waals surface area contributed by atoms with Gasteiger partial charge in [0.25, 0.3) is 5.91 Å². The van der Waals surface area contributed by atoms with Crippen LogP contribution < -0.4 is 4.90 Å². The van der Waals surface area contributed by atoms with Gasteiger partial charge in [0.1, 0.15) is 6.54 Å². The number of piperazine rings is 1. The molecule has 2 unspecified atom stereocenters. The van der Waals surface area contributed by atoms with E-state index >= 15 is 0 Å². The van der Waals surface area contributed by atoms with Gasteiger partial charge < -0.3 is 14.7 Å². The number of carbonyl (C=O) groups excluding carboxylic acids is 2. The molecule has 2 atom stereocenters. The number of rotatable bonds is 4. The summed E-state index contributed by atoms with van der Waals surface area (Å²) in [5.41, 5.74) is 1.99. The van der Waals surface area contributed by atoms with Crippen molar-refractivity contribution >= 4 is 58.5 Å². The molecular weight excluding hydrogens is 501 g/mol. The molecule has 2 aromatic rings. The maximum Gasteiger partial charge on any atom is 0.261 e. The number of nitrogens with zero attached hydrogens (tertiary/aromatic N) is 3. The summed E-state index contributed by atoms with van der Waals surface area (Å²) in [6, 6.07) is 15.5. The molecule has 35 heavy (non-hydrogen) atoms. The van der Waals surface area contributed by atoms with Gasteiger partial charge in [-0.05, 0) is 54.8 Å². The third-order valence-electron chi connectivity index (χ3n) is 7.08. The van der Waals surface area contributed by atoms with Crippen molar-refractivity contribution < 1.29 is 9.59 Å². The van der Waals surface area contributed by atoms with Crippen molar-refractivity contribution in [1.82, 2.24) is 9.80 Å². The summed E-state index contributed by atoms with van der Waals surface area (Å²) in [5, 5.41) is 1.69. The lowest BCUT2D eigenvalue weighted by Crippen LogP contribution is -2.57. The van der Waals surface area contributed by atoms with Crippen LogP contribution >= 0.6 is 35.0 Å². The van der Waals surface area contributed by atoms with Gasteiger partial charge in [-0.1, -0.05) is 54.2 Å². The van der Waals surface area contributed by atoms with E-state index in [1.165, 1.54) is 6.42 Å². The van der Waals surface area contributed by atoms with Crippen LogP contribution in [0.15, 0.2) is 53.4 Å². The fraction of sp³-hybridized carbons (Fsp3) is 0.407. The highest BCUT2D eigenvalue weighted by molar-refractivity contribution is 8.04. The van der Waals surface area contributed by atoms with Crippen LogP contribution in [0.25, 0.3) is 6.08 Å². The third-order valence-corrected chi connectivity index (χ3v) is 8.94. The Balaban J connectivity index is 1.28. The molecule has 5 nitrogen and oxygen atoms in total. The summed E-state index contributed by atoms with van der Waals surface area (Å²) in [7, 11) is 0. The molecule has 3 aliphatic rings. The van der Waals surface area contributed by atoms with Gasteiger partial charge in [0, 0.05) is 53.2 Å². The predicted octanol–water partition coefficient (Wildman–Crippen LogP) is 5.57. The van der Waals surface area contributed by atoms with E-state index in [9.17, 15) is 9.59 Å². The fourth-order valence-corrected chi connectivity index (χ4v) is 7.10. The quantitative estimate of drug-likeness (QED) is 0.485.